The fourth-order valence-corrected chi connectivity index (χ4v) is 2.59. The highest BCUT2D eigenvalue weighted by Crippen LogP contribution is 2.30. The van der Waals surface area contributed by atoms with Crippen LogP contribution in [0.3, 0.4) is 0 Å². The minimum Gasteiger partial charge on any atom is -0.368 e. The Morgan fingerprint density at radius 1 is 1.38 bits per heavy atom. The van der Waals surface area contributed by atoms with Gasteiger partial charge in [-0.15, -0.1) is 0 Å². The maximum atomic E-state index is 11.3. The molecule has 21 heavy (non-hydrogen) atoms. The van der Waals surface area contributed by atoms with Gasteiger partial charge < -0.3 is 10.2 Å². The Labute approximate surface area is 127 Å². The van der Waals surface area contributed by atoms with E-state index < -0.39 is 4.92 Å². The minimum atomic E-state index is -0.461. The summed E-state index contributed by atoms with van der Waals surface area (Å²) in [7, 11) is 1.62. The molecular formula is C13H17ClN4O3. The molecule has 0 bridgehead atoms. The average Bonchev–Trinajstić information content (AvgIpc) is 2.48. The van der Waals surface area contributed by atoms with E-state index in [-0.39, 0.29) is 11.6 Å². The van der Waals surface area contributed by atoms with Crippen molar-refractivity contribution in [1.82, 2.24) is 10.2 Å². The van der Waals surface area contributed by atoms with Gasteiger partial charge in [-0.05, 0) is 6.07 Å². The number of hydrogen-bond donors (Lipinski definition) is 1. The lowest BCUT2D eigenvalue weighted by Crippen LogP contribution is -2.49. The van der Waals surface area contributed by atoms with E-state index in [1.54, 1.807) is 13.1 Å². The number of nitro benzene ring substituents is 1. The zero-order valence-corrected chi connectivity index (χ0v) is 12.5. The first-order valence-corrected chi connectivity index (χ1v) is 7.01. The number of nitrogens with zero attached hydrogens (tertiary/aromatic N) is 3. The van der Waals surface area contributed by atoms with E-state index in [1.807, 2.05) is 0 Å². The molecule has 7 nitrogen and oxygen atoms in total. The number of carbonyl (C=O) groups is 1. The predicted molar refractivity (Wildman–Crippen MR) is 80.8 cm³/mol. The Morgan fingerprint density at radius 3 is 2.57 bits per heavy atom. The molecule has 0 spiro atoms. The number of halogens is 1. The van der Waals surface area contributed by atoms with Gasteiger partial charge in [0.05, 0.1) is 22.2 Å². The Kier molecular flexibility index (Phi) is 4.98. The first-order chi connectivity index (χ1) is 10.0. The zero-order valence-electron chi connectivity index (χ0n) is 11.7. The van der Waals surface area contributed by atoms with E-state index in [2.05, 4.69) is 15.1 Å². The topological polar surface area (TPSA) is 78.7 Å². The number of carbonyl (C=O) groups excluding carboxylic acids is 1. The second-order valence-corrected chi connectivity index (χ2v) is 5.24. The van der Waals surface area contributed by atoms with Crippen LogP contribution in [0.2, 0.25) is 5.02 Å². The number of rotatable bonds is 4. The van der Waals surface area contributed by atoms with Gasteiger partial charge in [0.25, 0.3) is 5.69 Å². The van der Waals surface area contributed by atoms with Crippen LogP contribution in [-0.4, -0.2) is 55.5 Å². The second-order valence-electron chi connectivity index (χ2n) is 4.83. The normalized spacial score (nSPS) is 15.8. The highest BCUT2D eigenvalue weighted by Gasteiger charge is 2.21. The summed E-state index contributed by atoms with van der Waals surface area (Å²) in [5.41, 5.74) is 0.781. The highest BCUT2D eigenvalue weighted by atomic mass is 35.5. The standard InChI is InChI=1S/C13H17ClN4O3/c1-15-13(19)9-16-4-6-17(7-5-16)12-3-2-10(18(20)21)8-11(12)14/h2-3,8H,4-7,9H2,1H3,(H,15,19). The number of benzene rings is 1. The number of anilines is 1. The summed E-state index contributed by atoms with van der Waals surface area (Å²) in [5.74, 6) is -0.00295. The fraction of sp³-hybridized carbons (Fsp3) is 0.462. The molecule has 114 valence electrons. The summed E-state index contributed by atoms with van der Waals surface area (Å²) >= 11 is 6.13. The van der Waals surface area contributed by atoms with Gasteiger partial charge in [-0.1, -0.05) is 11.6 Å². The van der Waals surface area contributed by atoms with E-state index in [0.29, 0.717) is 11.6 Å². The van der Waals surface area contributed by atoms with E-state index >= 15 is 0 Å². The van der Waals surface area contributed by atoms with Crippen LogP contribution in [0.5, 0.6) is 0 Å². The third-order valence-corrected chi connectivity index (χ3v) is 3.80. The molecule has 1 aromatic rings. The summed E-state index contributed by atoms with van der Waals surface area (Å²) in [5, 5.41) is 13.7. The van der Waals surface area contributed by atoms with E-state index in [4.69, 9.17) is 11.6 Å². The van der Waals surface area contributed by atoms with E-state index in [9.17, 15) is 14.9 Å². The lowest BCUT2D eigenvalue weighted by atomic mass is 10.2. The lowest BCUT2D eigenvalue weighted by molar-refractivity contribution is -0.384. The van der Waals surface area contributed by atoms with Crippen molar-refractivity contribution in [2.45, 2.75) is 0 Å². The number of piperazine rings is 1. The molecule has 1 fully saturated rings. The first-order valence-electron chi connectivity index (χ1n) is 6.63. The zero-order chi connectivity index (χ0) is 15.4. The van der Waals surface area contributed by atoms with Crippen molar-refractivity contribution in [2.75, 3.05) is 44.7 Å². The van der Waals surface area contributed by atoms with Gasteiger partial charge in [-0.3, -0.25) is 19.8 Å². The maximum absolute atomic E-state index is 11.3. The quantitative estimate of drug-likeness (QED) is 0.665. The van der Waals surface area contributed by atoms with Gasteiger partial charge in [-0.25, -0.2) is 0 Å². The molecule has 0 radical (unpaired) electrons. The molecule has 1 aliphatic rings. The molecule has 1 saturated heterocycles. The summed E-state index contributed by atoms with van der Waals surface area (Å²) in [6.45, 7) is 3.35. The number of non-ortho nitro benzene ring substituents is 1. The first kappa shape index (κ1) is 15.5. The molecule has 1 N–H and O–H groups in total. The SMILES string of the molecule is CNC(=O)CN1CCN(c2ccc([N+](=O)[O-])cc2Cl)CC1. The van der Waals surface area contributed by atoms with Crippen LogP contribution < -0.4 is 10.2 Å². The lowest BCUT2D eigenvalue weighted by Gasteiger charge is -2.36. The van der Waals surface area contributed by atoms with Crippen LogP contribution in [-0.2, 0) is 4.79 Å². The van der Waals surface area contributed by atoms with Gasteiger partial charge in [-0.2, -0.15) is 0 Å². The number of nitrogens with one attached hydrogen (secondary N) is 1. The minimum absolute atomic E-state index is 0.00295. The number of hydrogen-bond acceptors (Lipinski definition) is 5. The number of amides is 1. The maximum Gasteiger partial charge on any atom is 0.271 e. The van der Waals surface area contributed by atoms with Gasteiger partial charge in [0.15, 0.2) is 0 Å². The molecule has 0 unspecified atom stereocenters. The average molecular weight is 313 g/mol. The Morgan fingerprint density at radius 2 is 2.05 bits per heavy atom. The molecule has 0 atom stereocenters. The molecule has 1 aromatic carbocycles. The highest BCUT2D eigenvalue weighted by molar-refractivity contribution is 6.33. The summed E-state index contributed by atoms with van der Waals surface area (Å²) in [4.78, 5) is 25.7. The van der Waals surface area contributed by atoms with Crippen molar-refractivity contribution in [3.63, 3.8) is 0 Å². The van der Waals surface area contributed by atoms with Gasteiger partial charge in [0.1, 0.15) is 0 Å². The molecule has 2 rings (SSSR count). The van der Waals surface area contributed by atoms with Gasteiger partial charge in [0.2, 0.25) is 5.91 Å². The summed E-state index contributed by atoms with van der Waals surface area (Å²) < 4.78 is 0. The fourth-order valence-electron chi connectivity index (χ4n) is 2.29. The number of likely N-dealkylation sites (N-methyl/N-ethyl adjacent to an activating group) is 1. The van der Waals surface area contributed by atoms with E-state index in [0.717, 1.165) is 31.9 Å². The van der Waals surface area contributed by atoms with Crippen molar-refractivity contribution in [2.24, 2.45) is 0 Å². The second kappa shape index (κ2) is 6.73. The molecule has 0 aromatic heterocycles. The third kappa shape index (κ3) is 3.83. The van der Waals surface area contributed by atoms with Crippen LogP contribution in [0.25, 0.3) is 0 Å². The van der Waals surface area contributed by atoms with Crippen LogP contribution in [0.4, 0.5) is 11.4 Å². The molecule has 0 aliphatic carbocycles. The van der Waals surface area contributed by atoms with Crippen molar-refractivity contribution in [3.05, 3.63) is 33.3 Å². The molecule has 1 amide bonds. The van der Waals surface area contributed by atoms with E-state index in [1.165, 1.54) is 12.1 Å². The van der Waals surface area contributed by atoms with Crippen molar-refractivity contribution >= 4 is 28.9 Å². The Balaban J connectivity index is 1.99. The van der Waals surface area contributed by atoms with Crippen molar-refractivity contribution < 1.29 is 9.72 Å². The Hall–Kier alpha value is -1.86. The molecule has 0 saturated carbocycles. The van der Waals surface area contributed by atoms with Crippen LogP contribution in [0, 0.1) is 10.1 Å². The van der Waals surface area contributed by atoms with Gasteiger partial charge >= 0.3 is 0 Å². The van der Waals surface area contributed by atoms with Crippen molar-refractivity contribution in [1.29, 1.82) is 0 Å². The summed E-state index contributed by atoms with van der Waals surface area (Å²) in [6, 6.07) is 4.50. The molecule has 1 aliphatic heterocycles. The van der Waals surface area contributed by atoms with Gasteiger partial charge in [0, 0.05) is 45.4 Å². The van der Waals surface area contributed by atoms with Crippen LogP contribution in [0.1, 0.15) is 0 Å². The Bertz CT molecular complexity index is 544. The van der Waals surface area contributed by atoms with Crippen molar-refractivity contribution in [3.8, 4) is 0 Å². The smallest absolute Gasteiger partial charge is 0.271 e. The predicted octanol–water partition coefficient (Wildman–Crippen LogP) is 1.12. The third-order valence-electron chi connectivity index (χ3n) is 3.50. The summed E-state index contributed by atoms with van der Waals surface area (Å²) in [6.07, 6.45) is 0. The monoisotopic (exact) mass is 312 g/mol. The molecular weight excluding hydrogens is 296 g/mol. The number of nitro groups is 1. The van der Waals surface area contributed by atoms with Crippen LogP contribution >= 0.6 is 11.6 Å². The van der Waals surface area contributed by atoms with Crippen LogP contribution in [0.15, 0.2) is 18.2 Å². The molecule has 1 heterocycles. The largest absolute Gasteiger partial charge is 0.368 e. The molecule has 8 heteroatoms.